The zero-order valence-corrected chi connectivity index (χ0v) is 23.9. The van der Waals surface area contributed by atoms with E-state index in [-0.39, 0.29) is 62.2 Å². The number of hydrogen-bond donors (Lipinski definition) is 2. The lowest BCUT2D eigenvalue weighted by molar-refractivity contribution is -0.124. The highest BCUT2D eigenvalue weighted by molar-refractivity contribution is 6.32. The molecule has 2 N–H and O–H groups in total. The minimum atomic E-state index is -4.66. The van der Waals surface area contributed by atoms with Crippen LogP contribution in [0.3, 0.4) is 0 Å². The van der Waals surface area contributed by atoms with Gasteiger partial charge in [-0.25, -0.2) is 9.37 Å². The predicted octanol–water partition coefficient (Wildman–Crippen LogP) is 6.41. The second-order valence-electron chi connectivity index (χ2n) is 9.61. The zero-order chi connectivity index (χ0) is 31.1. The molecule has 0 aliphatic rings. The summed E-state index contributed by atoms with van der Waals surface area (Å²) in [6.45, 7) is 1.11. The molecule has 0 saturated heterocycles. The van der Waals surface area contributed by atoms with Crippen molar-refractivity contribution < 1.29 is 31.5 Å². The Balaban J connectivity index is 1.67. The highest BCUT2D eigenvalue weighted by Gasteiger charge is 2.32. The van der Waals surface area contributed by atoms with E-state index in [0.717, 1.165) is 12.1 Å². The molecule has 0 radical (unpaired) electrons. The van der Waals surface area contributed by atoms with Crippen molar-refractivity contribution in [3.05, 3.63) is 100 Å². The lowest BCUT2D eigenvalue weighted by atomic mass is 9.88. The molecule has 0 spiro atoms. The fourth-order valence-electron chi connectivity index (χ4n) is 4.24. The summed E-state index contributed by atoms with van der Waals surface area (Å²) in [5, 5.41) is 9.00. The van der Waals surface area contributed by atoms with E-state index in [1.54, 1.807) is 20.2 Å². The van der Waals surface area contributed by atoms with Gasteiger partial charge >= 0.3 is 6.18 Å². The number of alkyl halides is 3. The third-order valence-corrected chi connectivity index (χ3v) is 6.56. The van der Waals surface area contributed by atoms with Gasteiger partial charge in [0.25, 0.3) is 0 Å². The Labute approximate surface area is 249 Å². The molecular weight excluding hydrogens is 593 g/mol. The fraction of sp³-hybridized carbons (Fsp3) is 0.233. The summed E-state index contributed by atoms with van der Waals surface area (Å²) in [7, 11) is 3.30. The Hall–Kier alpha value is -4.29. The summed E-state index contributed by atoms with van der Waals surface area (Å²) in [5.41, 5.74) is 0.593. The van der Waals surface area contributed by atoms with Crippen molar-refractivity contribution in [1.82, 2.24) is 25.4 Å². The summed E-state index contributed by atoms with van der Waals surface area (Å²) in [5.74, 6) is -1.37. The van der Waals surface area contributed by atoms with Crippen molar-refractivity contribution in [2.24, 2.45) is 0 Å². The van der Waals surface area contributed by atoms with Gasteiger partial charge in [0.15, 0.2) is 0 Å². The number of rotatable bonds is 11. The first-order chi connectivity index (χ1) is 20.4. The monoisotopic (exact) mass is 619 g/mol. The second-order valence-corrected chi connectivity index (χ2v) is 10.0. The van der Waals surface area contributed by atoms with Crippen LogP contribution in [0, 0.1) is 11.8 Å². The van der Waals surface area contributed by atoms with E-state index < -0.39 is 24.4 Å². The normalized spacial score (nSPS) is 12.6. The molecule has 2 heterocycles. The molecule has 7 nitrogen and oxygen atoms in total. The highest BCUT2D eigenvalue weighted by atomic mass is 35.5. The van der Waals surface area contributed by atoms with Crippen LogP contribution in [-0.2, 0) is 4.79 Å². The lowest BCUT2D eigenvalue weighted by Crippen LogP contribution is -2.22. The van der Waals surface area contributed by atoms with Crippen LogP contribution in [0.25, 0.3) is 22.0 Å². The molecule has 2 aromatic heterocycles. The van der Waals surface area contributed by atoms with Gasteiger partial charge in [-0.1, -0.05) is 29.8 Å². The predicted molar refractivity (Wildman–Crippen MR) is 154 cm³/mol. The molecule has 0 fully saturated rings. The number of likely N-dealkylation sites (N-methyl/N-ethyl adjacent to an activating group) is 1. The smallest absolute Gasteiger partial charge is 0.393 e. The number of benzene rings is 2. The Bertz CT molecular complexity index is 1650. The van der Waals surface area contributed by atoms with E-state index in [1.165, 1.54) is 53.6 Å². The number of hydrogen-bond acceptors (Lipinski definition) is 5. The van der Waals surface area contributed by atoms with Crippen molar-refractivity contribution in [1.29, 1.82) is 0 Å². The van der Waals surface area contributed by atoms with Crippen molar-refractivity contribution >= 4 is 39.6 Å². The van der Waals surface area contributed by atoms with E-state index in [4.69, 9.17) is 16.3 Å². The van der Waals surface area contributed by atoms with Crippen LogP contribution in [-0.4, -0.2) is 66.0 Å². The minimum absolute atomic E-state index is 0.0316. The van der Waals surface area contributed by atoms with Crippen LogP contribution in [0.4, 0.5) is 22.0 Å². The first-order valence-electron chi connectivity index (χ1n) is 13.0. The summed E-state index contributed by atoms with van der Waals surface area (Å²) < 4.78 is 75.8. The van der Waals surface area contributed by atoms with Gasteiger partial charge in [0, 0.05) is 51.1 Å². The Morgan fingerprint density at radius 1 is 1.09 bits per heavy atom. The Kier molecular flexibility index (Phi) is 10.1. The molecule has 226 valence electrons. The van der Waals surface area contributed by atoms with Gasteiger partial charge in [0.2, 0.25) is 17.7 Å². The molecule has 4 aromatic rings. The van der Waals surface area contributed by atoms with Gasteiger partial charge in [-0.3, -0.25) is 9.89 Å². The third kappa shape index (κ3) is 8.39. The van der Waals surface area contributed by atoms with Crippen molar-refractivity contribution in [2.45, 2.75) is 12.6 Å². The highest BCUT2D eigenvalue weighted by Crippen LogP contribution is 2.42. The fourth-order valence-corrected chi connectivity index (χ4v) is 4.52. The van der Waals surface area contributed by atoms with Crippen LogP contribution < -0.4 is 10.1 Å². The number of fused-ring (bicyclic) bond motifs is 1. The number of allylic oxidation sites excluding steroid dienone is 1. The van der Waals surface area contributed by atoms with Crippen LogP contribution in [0.1, 0.15) is 23.1 Å². The number of pyridine rings is 1. The SMILES string of the molecule is CN(C)C(=O)C=CCNCCOc1ccc(C(=C(CC(F)(F)F)c2ccc(F)cc2Cl)c2ccc3n[nH]c(F)c3c2)cn1. The Morgan fingerprint density at radius 2 is 1.86 bits per heavy atom. The number of H-pyrrole nitrogens is 1. The van der Waals surface area contributed by atoms with Gasteiger partial charge in [0.1, 0.15) is 12.4 Å². The van der Waals surface area contributed by atoms with E-state index in [1.807, 2.05) is 0 Å². The summed E-state index contributed by atoms with van der Waals surface area (Å²) in [4.78, 5) is 17.3. The minimum Gasteiger partial charge on any atom is -0.476 e. The maximum atomic E-state index is 14.4. The summed E-state index contributed by atoms with van der Waals surface area (Å²) >= 11 is 6.25. The van der Waals surface area contributed by atoms with Crippen LogP contribution >= 0.6 is 11.6 Å². The molecule has 4 rings (SSSR count). The van der Waals surface area contributed by atoms with Gasteiger partial charge in [0.05, 0.1) is 22.3 Å². The second kappa shape index (κ2) is 13.8. The number of nitrogens with zero attached hydrogens (tertiary/aromatic N) is 3. The van der Waals surface area contributed by atoms with Gasteiger partial charge < -0.3 is 15.0 Å². The third-order valence-electron chi connectivity index (χ3n) is 6.25. The molecule has 0 aliphatic heterocycles. The van der Waals surface area contributed by atoms with E-state index >= 15 is 0 Å². The van der Waals surface area contributed by atoms with Crippen molar-refractivity contribution in [3.8, 4) is 5.88 Å². The van der Waals surface area contributed by atoms with Crippen LogP contribution in [0.5, 0.6) is 5.88 Å². The zero-order valence-electron chi connectivity index (χ0n) is 23.1. The van der Waals surface area contributed by atoms with E-state index in [2.05, 4.69) is 20.5 Å². The number of aromatic nitrogens is 3. The molecule has 0 aliphatic carbocycles. The number of carbonyl (C=O) groups excluding carboxylic acids is 1. The molecule has 2 aromatic carbocycles. The molecule has 43 heavy (non-hydrogen) atoms. The first kappa shape index (κ1) is 31.6. The number of halogens is 6. The van der Waals surface area contributed by atoms with Crippen molar-refractivity contribution in [3.63, 3.8) is 0 Å². The summed E-state index contributed by atoms with van der Waals surface area (Å²) in [6.07, 6.45) is -1.59. The number of ether oxygens (including phenoxy) is 1. The average Bonchev–Trinajstić information content (AvgIpc) is 3.32. The molecule has 0 saturated carbocycles. The maximum absolute atomic E-state index is 14.4. The number of carbonyl (C=O) groups is 1. The number of aromatic amines is 1. The molecule has 1 amide bonds. The molecule has 0 unspecified atom stereocenters. The summed E-state index contributed by atoms with van der Waals surface area (Å²) in [6, 6.07) is 10.5. The number of nitrogens with one attached hydrogen (secondary N) is 2. The number of amides is 1. The van der Waals surface area contributed by atoms with Crippen LogP contribution in [0.15, 0.2) is 66.9 Å². The average molecular weight is 620 g/mol. The first-order valence-corrected chi connectivity index (χ1v) is 13.4. The molecule has 13 heteroatoms. The topological polar surface area (TPSA) is 83.1 Å². The maximum Gasteiger partial charge on any atom is 0.393 e. The van der Waals surface area contributed by atoms with Gasteiger partial charge in [-0.2, -0.15) is 22.7 Å². The molecular formula is C30H27ClF5N5O2. The largest absolute Gasteiger partial charge is 0.476 e. The van der Waals surface area contributed by atoms with E-state index in [0.29, 0.717) is 13.1 Å². The van der Waals surface area contributed by atoms with Gasteiger partial charge in [-0.05, 0) is 52.6 Å². The quantitative estimate of drug-likeness (QED) is 0.0877. The molecule has 0 bridgehead atoms. The standard InChI is InChI=1S/C30H27ClF5N5O2/c1-41(2)27(42)4-3-11-37-12-13-43-26-10-6-19(17-38-26)28(18-5-9-25-22(14-18)29(33)40-39-25)23(16-30(34,35)36)21-8-7-20(32)15-24(21)31/h3-10,14-15,17,37H,11-13,16H2,1-2H3,(H,39,40). The lowest BCUT2D eigenvalue weighted by Gasteiger charge is -2.20. The van der Waals surface area contributed by atoms with Crippen molar-refractivity contribution in [2.75, 3.05) is 33.8 Å². The van der Waals surface area contributed by atoms with Gasteiger partial charge in [-0.15, -0.1) is 0 Å². The van der Waals surface area contributed by atoms with E-state index in [9.17, 15) is 26.7 Å². The Morgan fingerprint density at radius 3 is 2.53 bits per heavy atom. The molecule has 0 atom stereocenters. The van der Waals surface area contributed by atoms with Crippen LogP contribution in [0.2, 0.25) is 5.02 Å².